The molecule has 0 spiro atoms. The number of aryl methyl sites for hydroxylation is 2. The van der Waals surface area contributed by atoms with E-state index in [0.717, 1.165) is 0 Å². The average Bonchev–Trinajstić information content (AvgIpc) is 3.37. The average molecular weight is 481 g/mol. The molecule has 5 rings (SSSR count). The molecule has 4 aromatic rings. The number of halogens is 2. The summed E-state index contributed by atoms with van der Waals surface area (Å²) in [4.78, 5) is 29.7. The van der Waals surface area contributed by atoms with Gasteiger partial charge in [-0.05, 0) is 56.7 Å². The van der Waals surface area contributed by atoms with Gasteiger partial charge in [-0.3, -0.25) is 9.59 Å². The zero-order valence-electron chi connectivity index (χ0n) is 19.1. The molecule has 3 aromatic heterocycles. The number of benzene rings is 1. The van der Waals surface area contributed by atoms with Crippen molar-refractivity contribution in [3.05, 3.63) is 59.2 Å². The first kappa shape index (κ1) is 22.5. The molecule has 4 heterocycles. The zero-order chi connectivity index (χ0) is 24.9. The smallest absolute Gasteiger partial charge is 0.387 e. The van der Waals surface area contributed by atoms with Crippen molar-refractivity contribution in [3.63, 3.8) is 0 Å². The third-order valence-electron chi connectivity index (χ3n) is 5.92. The molecule has 0 unspecified atom stereocenters. The number of nitrogens with one attached hydrogen (secondary N) is 2. The lowest BCUT2D eigenvalue weighted by atomic mass is 10.0. The summed E-state index contributed by atoms with van der Waals surface area (Å²) < 4.78 is 37.9. The Morgan fingerprint density at radius 2 is 2.06 bits per heavy atom. The van der Waals surface area contributed by atoms with E-state index in [1.807, 2.05) is 6.92 Å². The van der Waals surface area contributed by atoms with Gasteiger partial charge in [0.25, 0.3) is 11.8 Å². The Hall–Kier alpha value is -4.28. The van der Waals surface area contributed by atoms with E-state index in [-0.39, 0.29) is 29.1 Å². The van der Waals surface area contributed by atoms with Gasteiger partial charge in [-0.1, -0.05) is 11.2 Å². The summed E-state index contributed by atoms with van der Waals surface area (Å²) in [7, 11) is 0. The summed E-state index contributed by atoms with van der Waals surface area (Å²) >= 11 is 0. The highest BCUT2D eigenvalue weighted by Gasteiger charge is 2.26. The van der Waals surface area contributed by atoms with Crippen molar-refractivity contribution >= 4 is 28.5 Å². The quantitative estimate of drug-likeness (QED) is 0.435. The third-order valence-corrected chi connectivity index (χ3v) is 5.92. The second-order valence-corrected chi connectivity index (χ2v) is 8.31. The standard InChI is InChI=1S/C24H21F2N5O4/c1-11-10-27-23(33)18-8-15-5-7-17(28-21(15)31(11)18)22(32)29-16-6-4-14(9-19(16)34-24(25)26)20-12(2)30-35-13(20)3/h4-9,11,24H,10H2,1-3H3,(H,27,33)(H,29,32)/t11-/m1/s1. The minimum absolute atomic E-state index is 0.0473. The highest BCUT2D eigenvalue weighted by molar-refractivity contribution is 6.05. The lowest BCUT2D eigenvalue weighted by Gasteiger charge is -2.23. The Labute approximate surface area is 198 Å². The largest absolute Gasteiger partial charge is 0.433 e. The van der Waals surface area contributed by atoms with Gasteiger partial charge in [-0.25, -0.2) is 4.98 Å². The van der Waals surface area contributed by atoms with Gasteiger partial charge >= 0.3 is 6.61 Å². The molecule has 1 atom stereocenters. The summed E-state index contributed by atoms with van der Waals surface area (Å²) in [5.41, 5.74) is 2.89. The van der Waals surface area contributed by atoms with Gasteiger partial charge in [-0.15, -0.1) is 0 Å². The number of carbonyl (C=O) groups is 2. The Balaban J connectivity index is 1.49. The van der Waals surface area contributed by atoms with Gasteiger partial charge < -0.3 is 24.5 Å². The van der Waals surface area contributed by atoms with Crippen molar-refractivity contribution in [3.8, 4) is 16.9 Å². The van der Waals surface area contributed by atoms with Gasteiger partial charge in [0.15, 0.2) is 0 Å². The van der Waals surface area contributed by atoms with Crippen LogP contribution in [0.25, 0.3) is 22.2 Å². The molecule has 180 valence electrons. The normalized spacial score (nSPS) is 15.3. The first-order valence-electron chi connectivity index (χ1n) is 10.9. The molecule has 0 fully saturated rings. The fraction of sp³-hybridized carbons (Fsp3) is 0.250. The number of amides is 2. The minimum Gasteiger partial charge on any atom is -0.433 e. The number of nitrogens with zero attached hydrogens (tertiary/aromatic N) is 3. The first-order valence-corrected chi connectivity index (χ1v) is 10.9. The van der Waals surface area contributed by atoms with Gasteiger partial charge in [0.05, 0.1) is 17.4 Å². The number of carbonyl (C=O) groups excluding carboxylic acids is 2. The van der Waals surface area contributed by atoms with E-state index in [4.69, 9.17) is 9.26 Å². The molecule has 1 aliphatic heterocycles. The molecule has 0 saturated carbocycles. The van der Waals surface area contributed by atoms with Crippen LogP contribution in [0.5, 0.6) is 5.75 Å². The van der Waals surface area contributed by atoms with Crippen LogP contribution >= 0.6 is 0 Å². The van der Waals surface area contributed by atoms with Crippen LogP contribution < -0.4 is 15.4 Å². The van der Waals surface area contributed by atoms with E-state index in [0.29, 0.717) is 45.9 Å². The second kappa shape index (κ2) is 8.49. The Morgan fingerprint density at radius 1 is 1.26 bits per heavy atom. The number of aromatic nitrogens is 3. The van der Waals surface area contributed by atoms with Crippen molar-refractivity contribution in [2.24, 2.45) is 0 Å². The number of hydrogen-bond donors (Lipinski definition) is 2. The number of rotatable bonds is 5. The fourth-order valence-electron chi connectivity index (χ4n) is 4.32. The molecule has 0 saturated heterocycles. The van der Waals surface area contributed by atoms with Crippen LogP contribution in [-0.4, -0.2) is 39.7 Å². The molecule has 9 nitrogen and oxygen atoms in total. The maximum atomic E-state index is 13.1. The first-order chi connectivity index (χ1) is 16.7. The monoisotopic (exact) mass is 481 g/mol. The van der Waals surface area contributed by atoms with E-state index in [2.05, 4.69) is 20.8 Å². The Bertz CT molecular complexity index is 1460. The molecule has 2 N–H and O–H groups in total. The Kier molecular flexibility index (Phi) is 5.46. The number of ether oxygens (including phenoxy) is 1. The van der Waals surface area contributed by atoms with Gasteiger partial charge in [0, 0.05) is 17.5 Å². The van der Waals surface area contributed by atoms with E-state index in [1.165, 1.54) is 18.2 Å². The van der Waals surface area contributed by atoms with Crippen LogP contribution in [0.15, 0.2) is 40.9 Å². The second-order valence-electron chi connectivity index (χ2n) is 8.31. The third kappa shape index (κ3) is 3.98. The van der Waals surface area contributed by atoms with Crippen LogP contribution in [0.3, 0.4) is 0 Å². The van der Waals surface area contributed by atoms with Crippen LogP contribution in [0, 0.1) is 13.8 Å². The maximum Gasteiger partial charge on any atom is 0.387 e. The van der Waals surface area contributed by atoms with E-state index in [9.17, 15) is 18.4 Å². The molecule has 35 heavy (non-hydrogen) atoms. The van der Waals surface area contributed by atoms with Crippen LogP contribution in [0.1, 0.15) is 45.4 Å². The number of fused-ring (bicyclic) bond motifs is 3. The summed E-state index contributed by atoms with van der Waals surface area (Å²) in [5.74, 6) is -0.505. The number of alkyl halides is 2. The van der Waals surface area contributed by atoms with Crippen molar-refractivity contribution in [1.82, 2.24) is 20.0 Å². The summed E-state index contributed by atoms with van der Waals surface area (Å²) in [6.45, 7) is 2.73. The van der Waals surface area contributed by atoms with Crippen LogP contribution in [0.2, 0.25) is 0 Å². The predicted molar refractivity (Wildman–Crippen MR) is 123 cm³/mol. The van der Waals surface area contributed by atoms with E-state index < -0.39 is 12.5 Å². The molecular weight excluding hydrogens is 460 g/mol. The highest BCUT2D eigenvalue weighted by atomic mass is 19.3. The van der Waals surface area contributed by atoms with E-state index in [1.54, 1.807) is 36.6 Å². The van der Waals surface area contributed by atoms with Crippen LogP contribution in [0.4, 0.5) is 14.5 Å². The molecular formula is C24H21F2N5O4. The molecule has 2 amide bonds. The number of hydrogen-bond acceptors (Lipinski definition) is 6. The SMILES string of the molecule is Cc1noc(C)c1-c1ccc(NC(=O)c2ccc3cc4n(c3n2)[C@H](C)CNC4=O)c(OC(F)F)c1. The molecule has 11 heteroatoms. The van der Waals surface area contributed by atoms with Crippen LogP contribution in [-0.2, 0) is 0 Å². The van der Waals surface area contributed by atoms with E-state index >= 15 is 0 Å². The zero-order valence-corrected chi connectivity index (χ0v) is 19.1. The Morgan fingerprint density at radius 3 is 2.77 bits per heavy atom. The van der Waals surface area contributed by atoms with Gasteiger partial charge in [-0.2, -0.15) is 8.78 Å². The highest BCUT2D eigenvalue weighted by Crippen LogP contribution is 2.35. The molecule has 0 radical (unpaired) electrons. The van der Waals surface area contributed by atoms with Crippen molar-refractivity contribution in [2.75, 3.05) is 11.9 Å². The fourth-order valence-corrected chi connectivity index (χ4v) is 4.32. The summed E-state index contributed by atoms with van der Waals surface area (Å²) in [5, 5.41) is 10.0. The summed E-state index contributed by atoms with van der Waals surface area (Å²) in [6, 6.07) is 9.40. The molecule has 0 aliphatic carbocycles. The van der Waals surface area contributed by atoms with Crippen molar-refractivity contribution in [2.45, 2.75) is 33.4 Å². The number of anilines is 1. The lowest BCUT2D eigenvalue weighted by molar-refractivity contribution is -0.0493. The van der Waals surface area contributed by atoms with Gasteiger partial charge in [0.1, 0.15) is 28.5 Å². The molecule has 0 bridgehead atoms. The number of pyridine rings is 1. The topological polar surface area (TPSA) is 111 Å². The van der Waals surface area contributed by atoms with Crippen molar-refractivity contribution < 1.29 is 27.6 Å². The summed E-state index contributed by atoms with van der Waals surface area (Å²) in [6.07, 6.45) is 0. The molecule has 1 aliphatic rings. The van der Waals surface area contributed by atoms with Crippen molar-refractivity contribution in [1.29, 1.82) is 0 Å². The lowest BCUT2D eigenvalue weighted by Crippen LogP contribution is -2.37. The van der Waals surface area contributed by atoms with Gasteiger partial charge in [0.2, 0.25) is 0 Å². The predicted octanol–water partition coefficient (Wildman–Crippen LogP) is 4.47. The maximum absolute atomic E-state index is 13.1. The molecule has 1 aromatic carbocycles. The minimum atomic E-state index is -3.10.